The third-order valence-electron chi connectivity index (χ3n) is 3.70. The molecule has 0 saturated heterocycles. The first kappa shape index (κ1) is 14.0. The molecule has 3 heterocycles. The van der Waals surface area contributed by atoms with Gasteiger partial charge in [-0.2, -0.15) is 10.4 Å². The van der Waals surface area contributed by atoms with Gasteiger partial charge in [0.05, 0.1) is 17.5 Å². The van der Waals surface area contributed by atoms with E-state index >= 15 is 0 Å². The Kier molecular flexibility index (Phi) is 3.24. The molecule has 0 saturated carbocycles. The number of aromatic nitrogens is 4. The van der Waals surface area contributed by atoms with E-state index in [1.54, 1.807) is 6.07 Å². The summed E-state index contributed by atoms with van der Waals surface area (Å²) in [5.74, 6) is -0.231. The zero-order chi connectivity index (χ0) is 16.5. The van der Waals surface area contributed by atoms with Crippen LogP contribution in [0.1, 0.15) is 11.5 Å². The molecule has 8 nitrogen and oxygen atoms in total. The maximum atomic E-state index is 12.2. The van der Waals surface area contributed by atoms with Crippen LogP contribution in [0.4, 0.5) is 0 Å². The van der Waals surface area contributed by atoms with E-state index in [0.29, 0.717) is 22.5 Å². The summed E-state index contributed by atoms with van der Waals surface area (Å²) in [5.41, 5.74) is 0.680. The molecule has 3 aromatic rings. The number of nitrogens with zero attached hydrogens (tertiary/aromatic N) is 5. The van der Waals surface area contributed by atoms with Gasteiger partial charge in [-0.3, -0.25) is 9.89 Å². The van der Waals surface area contributed by atoms with Gasteiger partial charge in [0.25, 0.3) is 11.8 Å². The average Bonchev–Trinajstić information content (AvgIpc) is 3.24. The predicted molar refractivity (Wildman–Crippen MR) is 80.5 cm³/mol. The van der Waals surface area contributed by atoms with Crippen molar-refractivity contribution < 1.29 is 9.21 Å². The summed E-state index contributed by atoms with van der Waals surface area (Å²) in [6.45, 7) is 0. The van der Waals surface area contributed by atoms with Crippen LogP contribution in [0.2, 0.25) is 0 Å². The Balaban J connectivity index is 1.62. The lowest BCUT2D eigenvalue weighted by Crippen LogP contribution is -2.34. The van der Waals surface area contributed by atoms with E-state index in [1.807, 2.05) is 30.3 Å². The Morgan fingerprint density at radius 2 is 2.17 bits per heavy atom. The van der Waals surface area contributed by atoms with Crippen LogP contribution in [-0.4, -0.2) is 26.3 Å². The molecule has 8 heteroatoms. The number of hydrogen-bond donors (Lipinski definition) is 1. The smallest absolute Gasteiger partial charge is 0.267 e. The van der Waals surface area contributed by atoms with Crippen molar-refractivity contribution in [1.29, 1.82) is 5.26 Å². The molecule has 0 aliphatic carbocycles. The molecule has 1 aliphatic rings. The molecule has 1 aromatic carbocycles. The number of aromatic amines is 1. The molecule has 2 aromatic heterocycles. The Labute approximate surface area is 135 Å². The summed E-state index contributed by atoms with van der Waals surface area (Å²) in [5, 5.41) is 24.9. The normalized spacial score (nSPS) is 16.0. The number of hydrogen-bond acceptors (Lipinski definition) is 6. The van der Waals surface area contributed by atoms with Gasteiger partial charge >= 0.3 is 0 Å². The molecule has 1 amide bonds. The fourth-order valence-corrected chi connectivity index (χ4v) is 2.53. The van der Waals surface area contributed by atoms with Gasteiger partial charge in [-0.05, 0) is 11.3 Å². The van der Waals surface area contributed by atoms with Crippen molar-refractivity contribution in [2.45, 2.75) is 6.42 Å². The fraction of sp³-hybridized carbons (Fsp3) is 0.125. The van der Waals surface area contributed by atoms with Gasteiger partial charge in [-0.25, -0.2) is 4.99 Å². The second-order valence-corrected chi connectivity index (χ2v) is 5.26. The van der Waals surface area contributed by atoms with E-state index in [2.05, 4.69) is 25.4 Å². The Hall–Kier alpha value is -3.60. The first-order valence-corrected chi connectivity index (χ1v) is 7.20. The first-order valence-electron chi connectivity index (χ1n) is 7.20. The summed E-state index contributed by atoms with van der Waals surface area (Å²) < 4.78 is 5.55. The zero-order valence-corrected chi connectivity index (χ0v) is 12.3. The van der Waals surface area contributed by atoms with E-state index in [4.69, 9.17) is 9.68 Å². The maximum absolute atomic E-state index is 12.2. The van der Waals surface area contributed by atoms with Crippen LogP contribution in [0.25, 0.3) is 17.7 Å². The number of nitrogens with one attached hydrogen (secondary N) is 1. The van der Waals surface area contributed by atoms with E-state index in [-0.39, 0.29) is 18.2 Å². The third-order valence-corrected chi connectivity index (χ3v) is 3.70. The second kappa shape index (κ2) is 5.55. The Morgan fingerprint density at radius 3 is 3.04 bits per heavy atom. The van der Waals surface area contributed by atoms with Gasteiger partial charge in [0.2, 0.25) is 5.89 Å². The van der Waals surface area contributed by atoms with E-state index in [0.717, 1.165) is 5.22 Å². The molecule has 0 fully saturated rings. The van der Waals surface area contributed by atoms with Crippen molar-refractivity contribution in [3.63, 3.8) is 0 Å². The average molecular weight is 318 g/mol. The van der Waals surface area contributed by atoms with Crippen LogP contribution in [0.5, 0.6) is 0 Å². The highest BCUT2D eigenvalue weighted by Crippen LogP contribution is 2.20. The molecule has 0 spiro atoms. The highest BCUT2D eigenvalue weighted by Gasteiger charge is 2.22. The van der Waals surface area contributed by atoms with Gasteiger partial charge in [0.15, 0.2) is 0 Å². The lowest BCUT2D eigenvalue weighted by molar-refractivity contribution is -0.120. The van der Waals surface area contributed by atoms with Crippen molar-refractivity contribution >= 4 is 12.0 Å². The molecule has 1 aliphatic heterocycles. The van der Waals surface area contributed by atoms with Crippen LogP contribution >= 0.6 is 0 Å². The number of carbonyl (C=O) groups excluding carboxylic acids is 1. The minimum Gasteiger partial charge on any atom is -0.419 e. The number of rotatable bonds is 3. The molecule has 116 valence electrons. The molecule has 24 heavy (non-hydrogen) atoms. The topological polar surface area (TPSA) is 121 Å². The van der Waals surface area contributed by atoms with Crippen LogP contribution in [0.3, 0.4) is 0 Å². The number of fused-ring (bicyclic) bond motifs is 1. The highest BCUT2D eigenvalue weighted by molar-refractivity contribution is 5.86. The van der Waals surface area contributed by atoms with E-state index < -0.39 is 5.92 Å². The quantitative estimate of drug-likeness (QED) is 0.732. The van der Waals surface area contributed by atoms with Crippen LogP contribution < -0.4 is 10.6 Å². The summed E-state index contributed by atoms with van der Waals surface area (Å²) in [6, 6.07) is 9.42. The van der Waals surface area contributed by atoms with Crippen LogP contribution in [0.15, 0.2) is 39.9 Å². The van der Waals surface area contributed by atoms with Gasteiger partial charge in [-0.15, -0.1) is 10.2 Å². The number of H-pyrrole nitrogens is 1. The monoisotopic (exact) mass is 318 g/mol. The zero-order valence-electron chi connectivity index (χ0n) is 12.3. The Morgan fingerprint density at radius 1 is 1.29 bits per heavy atom. The number of carbonyl (C=O) groups is 1. The van der Waals surface area contributed by atoms with Crippen molar-refractivity contribution in [2.75, 3.05) is 0 Å². The van der Waals surface area contributed by atoms with Gasteiger partial charge in [0.1, 0.15) is 17.3 Å². The number of benzene rings is 1. The second-order valence-electron chi connectivity index (χ2n) is 5.26. The SMILES string of the molecule is N#Cc1cn[nH]c1-c1nnc(CC2C=c3ccccc3=NC2=O)o1. The lowest BCUT2D eigenvalue weighted by atomic mass is 10.0. The maximum Gasteiger partial charge on any atom is 0.267 e. The van der Waals surface area contributed by atoms with Crippen LogP contribution in [0, 0.1) is 17.2 Å². The summed E-state index contributed by atoms with van der Waals surface area (Å²) in [7, 11) is 0. The molecule has 0 bridgehead atoms. The lowest BCUT2D eigenvalue weighted by Gasteiger charge is -2.09. The largest absolute Gasteiger partial charge is 0.419 e. The van der Waals surface area contributed by atoms with Gasteiger partial charge < -0.3 is 4.42 Å². The molecule has 4 rings (SSSR count). The standard InChI is InChI=1S/C16H10N6O2/c17-7-11-8-18-21-14(11)16-22-20-13(24-16)6-10-5-9-3-1-2-4-12(9)19-15(10)23/h1-5,8,10H,6H2,(H,18,21). The van der Waals surface area contributed by atoms with Gasteiger partial charge in [-0.1, -0.05) is 24.3 Å². The molecular weight excluding hydrogens is 308 g/mol. The molecule has 1 unspecified atom stereocenters. The van der Waals surface area contributed by atoms with Crippen molar-refractivity contribution in [3.8, 4) is 17.7 Å². The molecule has 1 N–H and O–H groups in total. The molecule has 1 atom stereocenters. The van der Waals surface area contributed by atoms with Crippen molar-refractivity contribution in [1.82, 2.24) is 20.4 Å². The Bertz CT molecular complexity index is 1090. The fourth-order valence-electron chi connectivity index (χ4n) is 2.53. The van der Waals surface area contributed by atoms with Crippen molar-refractivity contribution in [2.24, 2.45) is 10.9 Å². The summed E-state index contributed by atoms with van der Waals surface area (Å²) in [6.07, 6.45) is 3.48. The highest BCUT2D eigenvalue weighted by atomic mass is 16.4. The predicted octanol–water partition coefficient (Wildman–Crippen LogP) is 0.131. The minimum atomic E-state index is -0.453. The molecule has 0 radical (unpaired) electrons. The van der Waals surface area contributed by atoms with E-state index in [9.17, 15) is 4.79 Å². The van der Waals surface area contributed by atoms with E-state index in [1.165, 1.54) is 6.20 Å². The van der Waals surface area contributed by atoms with Gasteiger partial charge in [0, 0.05) is 6.42 Å². The summed E-state index contributed by atoms with van der Waals surface area (Å²) >= 11 is 0. The van der Waals surface area contributed by atoms with Crippen molar-refractivity contribution in [3.05, 3.63) is 52.5 Å². The number of nitriles is 1. The van der Waals surface area contributed by atoms with Crippen LogP contribution in [-0.2, 0) is 11.2 Å². The summed E-state index contributed by atoms with van der Waals surface area (Å²) in [4.78, 5) is 16.2. The number of para-hydroxylation sites is 1. The first-order chi connectivity index (χ1) is 11.7. The molecular formula is C16H10N6O2. The minimum absolute atomic E-state index is 0.166. The third kappa shape index (κ3) is 2.38. The number of amides is 1.